The Balaban J connectivity index is 2.06. The highest BCUT2D eigenvalue weighted by molar-refractivity contribution is 7.92. The summed E-state index contributed by atoms with van der Waals surface area (Å²) in [6, 6.07) is 14.9. The van der Waals surface area contributed by atoms with Crippen LogP contribution < -0.4 is 9.62 Å². The van der Waals surface area contributed by atoms with Crippen LogP contribution in [0.5, 0.6) is 0 Å². The molecule has 7 nitrogen and oxygen atoms in total. The Morgan fingerprint density at radius 3 is 2.20 bits per heavy atom. The normalized spacial score (nSPS) is 12.9. The summed E-state index contributed by atoms with van der Waals surface area (Å²) < 4.78 is 42.2. The number of nitrogens with zero attached hydrogens (tertiary/aromatic N) is 2. The molecule has 3 aromatic carbocycles. The maximum Gasteiger partial charge on any atom is 0.264 e. The number of anilines is 1. The molecule has 40 heavy (non-hydrogen) atoms. The molecule has 0 aliphatic rings. The van der Waals surface area contributed by atoms with Gasteiger partial charge in [0.05, 0.1) is 15.6 Å². The first-order chi connectivity index (χ1) is 18.8. The minimum atomic E-state index is -4.29. The Labute approximate surface area is 244 Å². The van der Waals surface area contributed by atoms with Gasteiger partial charge >= 0.3 is 0 Å². The lowest BCUT2D eigenvalue weighted by Gasteiger charge is -2.32. The number of hydrogen-bond donors (Lipinski definition) is 1. The first-order valence-electron chi connectivity index (χ1n) is 12.7. The van der Waals surface area contributed by atoms with Crippen molar-refractivity contribution in [1.82, 2.24) is 10.2 Å². The van der Waals surface area contributed by atoms with Crippen molar-refractivity contribution in [2.45, 2.75) is 57.6 Å². The third kappa shape index (κ3) is 7.74. The van der Waals surface area contributed by atoms with Gasteiger partial charge < -0.3 is 10.2 Å². The van der Waals surface area contributed by atoms with Gasteiger partial charge in [0.15, 0.2) is 0 Å². The van der Waals surface area contributed by atoms with Crippen molar-refractivity contribution in [1.29, 1.82) is 0 Å². The van der Waals surface area contributed by atoms with Crippen molar-refractivity contribution in [3.63, 3.8) is 0 Å². The number of rotatable bonds is 11. The third-order valence-corrected chi connectivity index (χ3v) is 8.83. The number of benzene rings is 3. The van der Waals surface area contributed by atoms with Crippen LogP contribution in [0.4, 0.5) is 10.1 Å². The van der Waals surface area contributed by atoms with Gasteiger partial charge in [0.25, 0.3) is 10.0 Å². The van der Waals surface area contributed by atoms with Crippen LogP contribution in [0, 0.1) is 12.7 Å². The number of amides is 2. The van der Waals surface area contributed by atoms with Crippen LogP contribution in [0.15, 0.2) is 71.6 Å². The van der Waals surface area contributed by atoms with E-state index in [1.54, 1.807) is 19.1 Å². The highest BCUT2D eigenvalue weighted by Crippen LogP contribution is 2.33. The fourth-order valence-electron chi connectivity index (χ4n) is 3.86. The molecule has 0 heterocycles. The summed E-state index contributed by atoms with van der Waals surface area (Å²) in [5.74, 6) is -1.52. The van der Waals surface area contributed by atoms with Gasteiger partial charge in [-0.05, 0) is 75.2 Å². The van der Waals surface area contributed by atoms with Gasteiger partial charge in [-0.15, -0.1) is 0 Å². The average molecular weight is 609 g/mol. The number of aryl methyl sites for hydroxylation is 1. The molecule has 0 unspecified atom stereocenters. The molecule has 0 radical (unpaired) electrons. The van der Waals surface area contributed by atoms with Crippen LogP contribution in [0.25, 0.3) is 0 Å². The molecule has 1 N–H and O–H groups in total. The Kier molecular flexibility index (Phi) is 10.6. The zero-order chi connectivity index (χ0) is 29.6. The molecule has 0 aliphatic heterocycles. The summed E-state index contributed by atoms with van der Waals surface area (Å²) >= 11 is 12.6. The minimum Gasteiger partial charge on any atom is -0.352 e. The Morgan fingerprint density at radius 1 is 0.975 bits per heavy atom. The van der Waals surface area contributed by atoms with Gasteiger partial charge in [0.2, 0.25) is 11.8 Å². The molecule has 214 valence electrons. The van der Waals surface area contributed by atoms with Gasteiger partial charge in [0, 0.05) is 17.6 Å². The van der Waals surface area contributed by atoms with Crippen LogP contribution in [0.3, 0.4) is 0 Å². The number of hydrogen-bond acceptors (Lipinski definition) is 4. The van der Waals surface area contributed by atoms with E-state index >= 15 is 0 Å². The first-order valence-corrected chi connectivity index (χ1v) is 14.9. The monoisotopic (exact) mass is 607 g/mol. The van der Waals surface area contributed by atoms with Crippen molar-refractivity contribution in [3.05, 3.63) is 93.7 Å². The molecule has 0 aromatic heterocycles. The molecule has 0 fully saturated rings. The number of halogens is 3. The van der Waals surface area contributed by atoms with Crippen LogP contribution in [0.2, 0.25) is 10.0 Å². The summed E-state index contributed by atoms with van der Waals surface area (Å²) in [5.41, 5.74) is 1.43. The molecule has 2 atom stereocenters. The van der Waals surface area contributed by atoms with E-state index in [0.717, 1.165) is 9.87 Å². The Bertz CT molecular complexity index is 1450. The highest BCUT2D eigenvalue weighted by atomic mass is 35.5. The predicted molar refractivity (Wildman–Crippen MR) is 156 cm³/mol. The van der Waals surface area contributed by atoms with Crippen molar-refractivity contribution in [2.24, 2.45) is 0 Å². The predicted octanol–water partition coefficient (Wildman–Crippen LogP) is 5.97. The van der Waals surface area contributed by atoms with E-state index in [1.165, 1.54) is 59.5 Å². The zero-order valence-electron chi connectivity index (χ0n) is 22.7. The van der Waals surface area contributed by atoms with Gasteiger partial charge in [-0.1, -0.05) is 60.0 Å². The second-order valence-electron chi connectivity index (χ2n) is 9.56. The molecule has 11 heteroatoms. The van der Waals surface area contributed by atoms with E-state index in [4.69, 9.17) is 23.2 Å². The van der Waals surface area contributed by atoms with Crippen LogP contribution >= 0.6 is 23.2 Å². The van der Waals surface area contributed by atoms with Gasteiger partial charge in [-0.2, -0.15) is 0 Å². The minimum absolute atomic E-state index is 0.0153. The Hall–Kier alpha value is -3.14. The number of carbonyl (C=O) groups excluding carboxylic acids is 2. The average Bonchev–Trinajstić information content (AvgIpc) is 2.92. The second kappa shape index (κ2) is 13.5. The largest absolute Gasteiger partial charge is 0.352 e. The molecule has 0 saturated heterocycles. The van der Waals surface area contributed by atoms with E-state index in [1.807, 2.05) is 20.8 Å². The van der Waals surface area contributed by atoms with E-state index in [0.29, 0.717) is 12.0 Å². The molecule has 3 rings (SSSR count). The molecular weight excluding hydrogens is 576 g/mol. The molecule has 3 aromatic rings. The van der Waals surface area contributed by atoms with Crippen molar-refractivity contribution >= 4 is 50.7 Å². The SMILES string of the molecule is CC[C@H](C)NC(=O)[C@H](C)N(Cc1ccc(F)cc1)C(=O)CN(c1cc(Cl)ccc1Cl)S(=O)(=O)c1ccc(C)cc1. The summed E-state index contributed by atoms with van der Waals surface area (Å²) in [6.07, 6.45) is 0.681. The molecule has 0 saturated carbocycles. The van der Waals surface area contributed by atoms with Crippen molar-refractivity contribution in [2.75, 3.05) is 10.8 Å². The molecule has 2 amide bonds. The van der Waals surface area contributed by atoms with Gasteiger partial charge in [-0.3, -0.25) is 13.9 Å². The summed E-state index contributed by atoms with van der Waals surface area (Å²) in [5, 5.41) is 3.15. The second-order valence-corrected chi connectivity index (χ2v) is 12.3. The third-order valence-electron chi connectivity index (χ3n) is 6.50. The molecule has 0 bridgehead atoms. The van der Waals surface area contributed by atoms with Crippen LogP contribution in [0.1, 0.15) is 38.3 Å². The highest BCUT2D eigenvalue weighted by Gasteiger charge is 2.33. The standard InChI is InChI=1S/C29H32Cl2FN3O4S/c1-5-20(3)33-29(37)21(4)34(17-22-8-11-24(32)12-9-22)28(36)18-35(27-16-23(30)10-15-26(27)31)40(38,39)25-13-6-19(2)7-14-25/h6-16,20-21H,5,17-18H2,1-4H3,(H,33,37)/t20-,21-/m0/s1. The molecule has 0 spiro atoms. The number of carbonyl (C=O) groups is 2. The molecule has 0 aliphatic carbocycles. The van der Waals surface area contributed by atoms with Crippen LogP contribution in [-0.2, 0) is 26.2 Å². The lowest BCUT2D eigenvalue weighted by Crippen LogP contribution is -2.52. The van der Waals surface area contributed by atoms with Crippen molar-refractivity contribution < 1.29 is 22.4 Å². The van der Waals surface area contributed by atoms with Gasteiger partial charge in [0.1, 0.15) is 18.4 Å². The first kappa shape index (κ1) is 31.4. The van der Waals surface area contributed by atoms with E-state index in [-0.39, 0.29) is 33.2 Å². The summed E-state index contributed by atoms with van der Waals surface area (Å²) in [6.45, 7) is 6.41. The fraction of sp³-hybridized carbons (Fsp3) is 0.310. The van der Waals surface area contributed by atoms with E-state index in [9.17, 15) is 22.4 Å². The maximum absolute atomic E-state index is 13.9. The molecular formula is C29H32Cl2FN3O4S. The van der Waals surface area contributed by atoms with Crippen molar-refractivity contribution in [3.8, 4) is 0 Å². The number of nitrogens with one attached hydrogen (secondary N) is 1. The van der Waals surface area contributed by atoms with E-state index in [2.05, 4.69) is 5.32 Å². The lowest BCUT2D eigenvalue weighted by atomic mass is 10.1. The zero-order valence-corrected chi connectivity index (χ0v) is 25.0. The van der Waals surface area contributed by atoms with E-state index < -0.39 is 40.2 Å². The van der Waals surface area contributed by atoms with Gasteiger partial charge in [-0.25, -0.2) is 12.8 Å². The quantitative estimate of drug-likeness (QED) is 0.291. The number of sulfonamides is 1. The summed E-state index contributed by atoms with van der Waals surface area (Å²) in [4.78, 5) is 28.2. The fourth-order valence-corrected chi connectivity index (χ4v) is 5.72. The Morgan fingerprint density at radius 2 is 1.60 bits per heavy atom. The smallest absolute Gasteiger partial charge is 0.264 e. The maximum atomic E-state index is 13.9. The summed E-state index contributed by atoms with van der Waals surface area (Å²) in [7, 11) is -4.29. The lowest BCUT2D eigenvalue weighted by molar-refractivity contribution is -0.139. The van der Waals surface area contributed by atoms with Crippen LogP contribution in [-0.4, -0.2) is 43.8 Å². The topological polar surface area (TPSA) is 86.8 Å².